The Kier molecular flexibility index (Phi) is 5.41. The van der Waals surface area contributed by atoms with E-state index in [1.165, 1.54) is 6.42 Å². The summed E-state index contributed by atoms with van der Waals surface area (Å²) in [7, 11) is 1.85. The summed E-state index contributed by atoms with van der Waals surface area (Å²) in [5, 5.41) is 3.19. The topological polar surface area (TPSA) is 67.6 Å². The molecule has 0 spiro atoms. The molecular formula is C15H29N3O2. The maximum Gasteiger partial charge on any atom is 0.237 e. The van der Waals surface area contributed by atoms with Crippen LogP contribution in [0.3, 0.4) is 0 Å². The second-order valence-corrected chi connectivity index (χ2v) is 6.17. The molecule has 3 atom stereocenters. The van der Waals surface area contributed by atoms with Gasteiger partial charge in [-0.1, -0.05) is 6.92 Å². The highest BCUT2D eigenvalue weighted by Crippen LogP contribution is 2.31. The van der Waals surface area contributed by atoms with Gasteiger partial charge in [0.25, 0.3) is 0 Å². The van der Waals surface area contributed by atoms with E-state index in [0.717, 1.165) is 51.8 Å². The highest BCUT2D eigenvalue weighted by Gasteiger charge is 2.41. The number of rotatable bonds is 6. The molecule has 1 heterocycles. The predicted molar refractivity (Wildman–Crippen MR) is 79.5 cm³/mol. The van der Waals surface area contributed by atoms with Crippen LogP contribution in [-0.4, -0.2) is 55.2 Å². The molecule has 1 aliphatic carbocycles. The van der Waals surface area contributed by atoms with Gasteiger partial charge in [0.1, 0.15) is 0 Å². The molecule has 2 aliphatic rings. The van der Waals surface area contributed by atoms with Crippen molar-refractivity contribution in [1.29, 1.82) is 0 Å². The van der Waals surface area contributed by atoms with Crippen molar-refractivity contribution in [3.8, 4) is 0 Å². The quantitative estimate of drug-likeness (QED) is 0.759. The number of hydrogen-bond donors (Lipinski definition) is 2. The summed E-state index contributed by atoms with van der Waals surface area (Å²) in [4.78, 5) is 14.3. The average molecular weight is 283 g/mol. The first-order valence-corrected chi connectivity index (χ1v) is 7.96. The second-order valence-electron chi connectivity index (χ2n) is 6.17. The third-order valence-electron chi connectivity index (χ3n) is 5.06. The minimum absolute atomic E-state index is 0.210. The first-order valence-electron chi connectivity index (χ1n) is 7.96. The summed E-state index contributed by atoms with van der Waals surface area (Å²) < 4.78 is 5.75. The maximum atomic E-state index is 11.8. The number of nitrogens with zero attached hydrogens (tertiary/aromatic N) is 1. The van der Waals surface area contributed by atoms with Crippen molar-refractivity contribution in [1.82, 2.24) is 10.2 Å². The molecule has 0 radical (unpaired) electrons. The van der Waals surface area contributed by atoms with Crippen LogP contribution in [0.4, 0.5) is 0 Å². The number of amides is 1. The van der Waals surface area contributed by atoms with E-state index >= 15 is 0 Å². The lowest BCUT2D eigenvalue weighted by molar-refractivity contribution is -0.126. The molecular weight excluding hydrogens is 254 g/mol. The molecule has 1 saturated carbocycles. The van der Waals surface area contributed by atoms with Gasteiger partial charge in [0.05, 0.1) is 11.6 Å². The van der Waals surface area contributed by atoms with Crippen LogP contribution in [0.15, 0.2) is 0 Å². The van der Waals surface area contributed by atoms with Crippen molar-refractivity contribution in [3.05, 3.63) is 0 Å². The van der Waals surface area contributed by atoms with E-state index in [2.05, 4.69) is 17.1 Å². The normalized spacial score (nSPS) is 34.5. The van der Waals surface area contributed by atoms with E-state index in [9.17, 15) is 4.79 Å². The monoisotopic (exact) mass is 283 g/mol. The number of hydrogen-bond acceptors (Lipinski definition) is 4. The van der Waals surface area contributed by atoms with E-state index in [1.807, 2.05) is 7.05 Å². The molecule has 5 heteroatoms. The minimum Gasteiger partial charge on any atom is -0.377 e. The van der Waals surface area contributed by atoms with Crippen molar-refractivity contribution in [3.63, 3.8) is 0 Å². The molecule has 116 valence electrons. The van der Waals surface area contributed by atoms with Crippen LogP contribution in [0.25, 0.3) is 0 Å². The van der Waals surface area contributed by atoms with E-state index in [0.29, 0.717) is 12.1 Å². The highest BCUT2D eigenvalue weighted by atomic mass is 16.5. The van der Waals surface area contributed by atoms with Gasteiger partial charge >= 0.3 is 0 Å². The van der Waals surface area contributed by atoms with Gasteiger partial charge in [-0.15, -0.1) is 0 Å². The van der Waals surface area contributed by atoms with Crippen molar-refractivity contribution < 1.29 is 9.53 Å². The Morgan fingerprint density at radius 1 is 1.45 bits per heavy atom. The molecule has 2 rings (SSSR count). The lowest BCUT2D eigenvalue weighted by atomic mass is 9.78. The number of nitrogens with one attached hydrogen (secondary N) is 1. The Bertz CT molecular complexity index is 331. The number of nitrogens with two attached hydrogens (primary N) is 1. The molecule has 0 bridgehead atoms. The van der Waals surface area contributed by atoms with Crippen LogP contribution < -0.4 is 11.1 Å². The van der Waals surface area contributed by atoms with Gasteiger partial charge in [0.15, 0.2) is 0 Å². The molecule has 1 aliphatic heterocycles. The zero-order chi connectivity index (χ0) is 14.6. The van der Waals surface area contributed by atoms with Crippen LogP contribution in [0.1, 0.15) is 45.4 Å². The lowest BCUT2D eigenvalue weighted by Gasteiger charge is -2.43. The predicted octanol–water partition coefficient (Wildman–Crippen LogP) is 0.873. The molecule has 1 amide bonds. The van der Waals surface area contributed by atoms with E-state index < -0.39 is 5.54 Å². The van der Waals surface area contributed by atoms with Crippen LogP contribution >= 0.6 is 0 Å². The van der Waals surface area contributed by atoms with Crippen LogP contribution in [-0.2, 0) is 9.53 Å². The number of primary amides is 1. The summed E-state index contributed by atoms with van der Waals surface area (Å²) >= 11 is 0. The average Bonchev–Trinajstić information content (AvgIpc) is 2.97. The third kappa shape index (κ3) is 3.32. The van der Waals surface area contributed by atoms with Crippen LogP contribution in [0.5, 0.6) is 0 Å². The van der Waals surface area contributed by atoms with Crippen molar-refractivity contribution in [2.75, 3.05) is 26.7 Å². The standard InChI is InChI=1S/C15H29N3O2/c1-3-18(11-13-7-5-9-20-13)12-6-4-8-15(10-12,17-2)14(16)19/h12-13,17H,3-11H2,1-2H3,(H2,16,19). The van der Waals surface area contributed by atoms with E-state index in [1.54, 1.807) is 0 Å². The smallest absolute Gasteiger partial charge is 0.237 e. The largest absolute Gasteiger partial charge is 0.377 e. The fourth-order valence-electron chi connectivity index (χ4n) is 3.72. The van der Waals surface area contributed by atoms with E-state index in [4.69, 9.17) is 10.5 Å². The lowest BCUT2D eigenvalue weighted by Crippen LogP contribution is -2.60. The third-order valence-corrected chi connectivity index (χ3v) is 5.06. The number of carbonyl (C=O) groups excluding carboxylic acids is 1. The zero-order valence-corrected chi connectivity index (χ0v) is 12.9. The van der Waals surface area contributed by atoms with Crippen molar-refractivity contribution in [2.45, 2.75) is 63.1 Å². The van der Waals surface area contributed by atoms with E-state index in [-0.39, 0.29) is 5.91 Å². The molecule has 20 heavy (non-hydrogen) atoms. The SMILES string of the molecule is CCN(CC1CCCO1)C1CCCC(NC)(C(N)=O)C1. The number of carbonyl (C=O) groups is 1. The molecule has 0 aromatic heterocycles. The first kappa shape index (κ1) is 15.7. The Morgan fingerprint density at radius 3 is 2.80 bits per heavy atom. The second kappa shape index (κ2) is 6.87. The van der Waals surface area contributed by atoms with Crippen LogP contribution in [0.2, 0.25) is 0 Å². The highest BCUT2D eigenvalue weighted by molar-refractivity contribution is 5.84. The van der Waals surface area contributed by atoms with Crippen LogP contribution in [0, 0.1) is 0 Å². The Hall–Kier alpha value is -0.650. The van der Waals surface area contributed by atoms with Crippen molar-refractivity contribution in [2.24, 2.45) is 5.73 Å². The summed E-state index contributed by atoms with van der Waals surface area (Å²) in [5.41, 5.74) is 5.11. The minimum atomic E-state index is -0.521. The van der Waals surface area contributed by atoms with Gasteiger partial charge < -0.3 is 15.8 Å². The fraction of sp³-hybridized carbons (Fsp3) is 0.933. The van der Waals surface area contributed by atoms with Gasteiger partial charge in [-0.3, -0.25) is 9.69 Å². The first-order chi connectivity index (χ1) is 9.61. The summed E-state index contributed by atoms with van der Waals surface area (Å²) in [6, 6.07) is 0.429. The Labute approximate surface area is 122 Å². The van der Waals surface area contributed by atoms with Gasteiger partial charge in [-0.2, -0.15) is 0 Å². The molecule has 1 saturated heterocycles. The maximum absolute atomic E-state index is 11.8. The summed E-state index contributed by atoms with van der Waals surface area (Å²) in [6.07, 6.45) is 6.58. The van der Waals surface area contributed by atoms with Gasteiger partial charge in [-0.05, 0) is 52.1 Å². The molecule has 2 fully saturated rings. The Morgan fingerprint density at radius 2 is 2.25 bits per heavy atom. The Balaban J connectivity index is 1.99. The summed E-state index contributed by atoms with van der Waals surface area (Å²) in [5.74, 6) is -0.210. The molecule has 5 nitrogen and oxygen atoms in total. The van der Waals surface area contributed by atoms with Gasteiger partial charge in [0.2, 0.25) is 5.91 Å². The molecule has 0 aromatic rings. The fourth-order valence-corrected chi connectivity index (χ4v) is 3.72. The molecule has 0 aromatic carbocycles. The molecule has 3 unspecified atom stereocenters. The number of ether oxygens (including phenoxy) is 1. The zero-order valence-electron chi connectivity index (χ0n) is 12.9. The molecule has 3 N–H and O–H groups in total. The number of likely N-dealkylation sites (N-methyl/N-ethyl adjacent to an activating group) is 2. The van der Waals surface area contributed by atoms with Gasteiger partial charge in [0, 0.05) is 19.2 Å². The van der Waals surface area contributed by atoms with Gasteiger partial charge in [-0.25, -0.2) is 0 Å². The van der Waals surface area contributed by atoms with Crippen molar-refractivity contribution >= 4 is 5.91 Å². The summed E-state index contributed by atoms with van der Waals surface area (Å²) in [6.45, 7) is 5.08.